The topological polar surface area (TPSA) is 44.1 Å². The van der Waals surface area contributed by atoms with E-state index >= 15 is 0 Å². The monoisotopic (exact) mass is 294 g/mol. The normalized spacial score (nSPS) is 10.3. The SMILES string of the molecule is COc1cnn(C)c1C(=O)c1cccc(Br)c1. The lowest BCUT2D eigenvalue weighted by Gasteiger charge is -2.04. The average molecular weight is 295 g/mol. The zero-order valence-corrected chi connectivity index (χ0v) is 11.1. The van der Waals surface area contributed by atoms with Crippen molar-refractivity contribution in [3.63, 3.8) is 0 Å². The number of rotatable bonds is 3. The van der Waals surface area contributed by atoms with Crippen molar-refractivity contribution in [2.45, 2.75) is 0 Å². The van der Waals surface area contributed by atoms with E-state index in [4.69, 9.17) is 4.74 Å². The minimum Gasteiger partial charge on any atom is -0.493 e. The molecule has 1 aromatic carbocycles. The number of carbonyl (C=O) groups is 1. The maximum absolute atomic E-state index is 12.3. The highest BCUT2D eigenvalue weighted by Gasteiger charge is 2.19. The summed E-state index contributed by atoms with van der Waals surface area (Å²) in [6.07, 6.45) is 1.53. The maximum Gasteiger partial charge on any atom is 0.214 e. The zero-order chi connectivity index (χ0) is 12.4. The molecule has 0 aliphatic heterocycles. The Morgan fingerprint density at radius 3 is 2.88 bits per heavy atom. The van der Waals surface area contributed by atoms with Gasteiger partial charge in [0.25, 0.3) is 0 Å². The lowest BCUT2D eigenvalue weighted by molar-refractivity contribution is 0.102. The Balaban J connectivity index is 2.47. The van der Waals surface area contributed by atoms with Crippen molar-refractivity contribution in [2.75, 3.05) is 7.11 Å². The second-order valence-corrected chi connectivity index (χ2v) is 4.44. The van der Waals surface area contributed by atoms with Crippen molar-refractivity contribution < 1.29 is 9.53 Å². The molecule has 0 radical (unpaired) electrons. The summed E-state index contributed by atoms with van der Waals surface area (Å²) in [5, 5.41) is 4.02. The molecule has 0 fully saturated rings. The van der Waals surface area contributed by atoms with Crippen LogP contribution in [0.4, 0.5) is 0 Å². The molecule has 17 heavy (non-hydrogen) atoms. The van der Waals surface area contributed by atoms with E-state index in [9.17, 15) is 4.79 Å². The summed E-state index contributed by atoms with van der Waals surface area (Å²) in [7, 11) is 3.24. The molecule has 4 nitrogen and oxygen atoms in total. The molecule has 1 aromatic heterocycles. The number of aryl methyl sites for hydroxylation is 1. The number of halogens is 1. The van der Waals surface area contributed by atoms with E-state index < -0.39 is 0 Å². The fourth-order valence-electron chi connectivity index (χ4n) is 1.59. The second kappa shape index (κ2) is 4.71. The van der Waals surface area contributed by atoms with Crippen LogP contribution >= 0.6 is 15.9 Å². The van der Waals surface area contributed by atoms with Crippen molar-refractivity contribution in [1.29, 1.82) is 0 Å². The fraction of sp³-hybridized carbons (Fsp3) is 0.167. The smallest absolute Gasteiger partial charge is 0.214 e. The summed E-state index contributed by atoms with van der Waals surface area (Å²) in [6, 6.07) is 7.23. The highest BCUT2D eigenvalue weighted by molar-refractivity contribution is 9.10. The molecule has 0 amide bonds. The summed E-state index contributed by atoms with van der Waals surface area (Å²) < 4.78 is 7.50. The molecule has 2 aromatic rings. The third kappa shape index (κ3) is 2.24. The summed E-state index contributed by atoms with van der Waals surface area (Å²) >= 11 is 3.34. The van der Waals surface area contributed by atoms with Gasteiger partial charge in [0.1, 0.15) is 0 Å². The van der Waals surface area contributed by atoms with Crippen LogP contribution in [-0.2, 0) is 7.05 Å². The molecule has 0 N–H and O–H groups in total. The van der Waals surface area contributed by atoms with Gasteiger partial charge in [0, 0.05) is 17.1 Å². The van der Waals surface area contributed by atoms with Crippen molar-refractivity contribution in [3.05, 3.63) is 46.2 Å². The van der Waals surface area contributed by atoms with E-state index in [1.807, 2.05) is 12.1 Å². The molecule has 1 heterocycles. The van der Waals surface area contributed by atoms with Crippen LogP contribution in [0.25, 0.3) is 0 Å². The Kier molecular flexibility index (Phi) is 3.28. The number of carbonyl (C=O) groups excluding carboxylic acids is 1. The van der Waals surface area contributed by atoms with E-state index in [1.54, 1.807) is 19.2 Å². The Bertz CT molecular complexity index is 563. The fourth-order valence-corrected chi connectivity index (χ4v) is 1.99. The van der Waals surface area contributed by atoms with E-state index in [-0.39, 0.29) is 5.78 Å². The maximum atomic E-state index is 12.3. The molecule has 0 bridgehead atoms. The van der Waals surface area contributed by atoms with Gasteiger partial charge >= 0.3 is 0 Å². The van der Waals surface area contributed by atoms with Gasteiger partial charge in [-0.05, 0) is 12.1 Å². The summed E-state index contributed by atoms with van der Waals surface area (Å²) in [4.78, 5) is 12.3. The zero-order valence-electron chi connectivity index (χ0n) is 9.48. The molecule has 88 valence electrons. The highest BCUT2D eigenvalue weighted by atomic mass is 79.9. The Morgan fingerprint density at radius 2 is 2.24 bits per heavy atom. The van der Waals surface area contributed by atoms with Crippen LogP contribution in [-0.4, -0.2) is 22.7 Å². The molecule has 0 atom stereocenters. The van der Waals surface area contributed by atoms with Crippen LogP contribution in [0.5, 0.6) is 5.75 Å². The molecule has 0 aliphatic rings. The lowest BCUT2D eigenvalue weighted by atomic mass is 10.1. The van der Waals surface area contributed by atoms with E-state index in [0.717, 1.165) is 4.47 Å². The van der Waals surface area contributed by atoms with E-state index in [2.05, 4.69) is 21.0 Å². The number of nitrogens with zero attached hydrogens (tertiary/aromatic N) is 2. The van der Waals surface area contributed by atoms with Crippen molar-refractivity contribution in [2.24, 2.45) is 7.05 Å². The molecular weight excluding hydrogens is 284 g/mol. The van der Waals surface area contributed by atoms with Gasteiger partial charge in [-0.15, -0.1) is 0 Å². The summed E-state index contributed by atoms with van der Waals surface area (Å²) in [6.45, 7) is 0. The lowest BCUT2D eigenvalue weighted by Crippen LogP contribution is -2.09. The van der Waals surface area contributed by atoms with Crippen LogP contribution < -0.4 is 4.74 Å². The highest BCUT2D eigenvalue weighted by Crippen LogP contribution is 2.21. The first-order chi connectivity index (χ1) is 8.13. The molecule has 0 saturated carbocycles. The van der Waals surface area contributed by atoms with Gasteiger partial charge in [-0.3, -0.25) is 9.48 Å². The van der Waals surface area contributed by atoms with Crippen molar-refractivity contribution in [1.82, 2.24) is 9.78 Å². The third-order valence-corrected chi connectivity index (χ3v) is 2.92. The molecule has 5 heteroatoms. The number of hydrogen-bond donors (Lipinski definition) is 0. The number of hydrogen-bond acceptors (Lipinski definition) is 3. The van der Waals surface area contributed by atoms with Crippen LogP contribution in [0.3, 0.4) is 0 Å². The first kappa shape index (κ1) is 11.9. The van der Waals surface area contributed by atoms with Gasteiger partial charge in [0.15, 0.2) is 11.4 Å². The van der Waals surface area contributed by atoms with Crippen LogP contribution in [0.15, 0.2) is 34.9 Å². The van der Waals surface area contributed by atoms with Crippen LogP contribution in [0.2, 0.25) is 0 Å². The molecule has 0 saturated heterocycles. The summed E-state index contributed by atoms with van der Waals surface area (Å²) in [5.74, 6) is 0.376. The standard InChI is InChI=1S/C12H11BrN2O2/c1-15-11(10(17-2)7-14-15)12(16)8-4-3-5-9(13)6-8/h3-7H,1-2H3. The number of aromatic nitrogens is 2. The Hall–Kier alpha value is -1.62. The minimum absolute atomic E-state index is 0.108. The predicted molar refractivity (Wildman–Crippen MR) is 67.3 cm³/mol. The minimum atomic E-state index is -0.108. The van der Waals surface area contributed by atoms with Gasteiger partial charge < -0.3 is 4.74 Å². The molecular formula is C12H11BrN2O2. The van der Waals surface area contributed by atoms with Crippen LogP contribution in [0, 0.1) is 0 Å². The summed E-state index contributed by atoms with van der Waals surface area (Å²) in [5.41, 5.74) is 1.05. The molecule has 0 unspecified atom stereocenters. The first-order valence-electron chi connectivity index (χ1n) is 4.99. The Labute approximate surface area is 107 Å². The van der Waals surface area contributed by atoms with Crippen molar-refractivity contribution >= 4 is 21.7 Å². The number of methoxy groups -OCH3 is 1. The van der Waals surface area contributed by atoms with Gasteiger partial charge in [0.2, 0.25) is 5.78 Å². The first-order valence-corrected chi connectivity index (χ1v) is 5.79. The predicted octanol–water partition coefficient (Wildman–Crippen LogP) is 2.42. The third-order valence-electron chi connectivity index (χ3n) is 2.43. The van der Waals surface area contributed by atoms with Gasteiger partial charge in [-0.25, -0.2) is 0 Å². The van der Waals surface area contributed by atoms with Gasteiger partial charge in [-0.1, -0.05) is 28.1 Å². The molecule has 0 aliphatic carbocycles. The number of benzene rings is 1. The Morgan fingerprint density at radius 1 is 1.47 bits per heavy atom. The molecule has 0 spiro atoms. The van der Waals surface area contributed by atoms with E-state index in [1.165, 1.54) is 18.0 Å². The van der Waals surface area contributed by atoms with E-state index in [0.29, 0.717) is 17.0 Å². The molecule has 2 rings (SSSR count). The quantitative estimate of drug-likeness (QED) is 0.817. The van der Waals surface area contributed by atoms with Crippen molar-refractivity contribution in [3.8, 4) is 5.75 Å². The van der Waals surface area contributed by atoms with Crippen LogP contribution in [0.1, 0.15) is 16.1 Å². The largest absolute Gasteiger partial charge is 0.493 e. The number of ketones is 1. The second-order valence-electron chi connectivity index (χ2n) is 3.52. The van der Waals surface area contributed by atoms with Gasteiger partial charge in [0.05, 0.1) is 13.3 Å². The number of ether oxygens (including phenoxy) is 1. The van der Waals surface area contributed by atoms with Gasteiger partial charge in [-0.2, -0.15) is 5.10 Å². The average Bonchev–Trinajstić information content (AvgIpc) is 2.69.